The van der Waals surface area contributed by atoms with Crippen LogP contribution in [0.1, 0.15) is 6.42 Å². The Hall–Kier alpha value is 0.347. The van der Waals surface area contributed by atoms with Gasteiger partial charge in [-0.1, -0.05) is 0 Å². The van der Waals surface area contributed by atoms with Crippen molar-refractivity contribution in [2.45, 2.75) is 12.5 Å². The molecule has 0 rings (SSSR count). The average molecular weight is 242 g/mol. The number of nitrogens with one attached hydrogen (secondary N) is 1. The van der Waals surface area contributed by atoms with Gasteiger partial charge in [0.1, 0.15) is 0 Å². The predicted octanol–water partition coefficient (Wildman–Crippen LogP) is 1.08. The maximum absolute atomic E-state index is 5.52. The van der Waals surface area contributed by atoms with E-state index >= 15 is 0 Å². The van der Waals surface area contributed by atoms with Crippen molar-refractivity contribution in [3.63, 3.8) is 0 Å². The minimum atomic E-state index is -2.35. The second kappa shape index (κ2) is 8.64. The van der Waals surface area contributed by atoms with E-state index in [1.807, 2.05) is 0 Å². The maximum atomic E-state index is 5.52. The van der Waals surface area contributed by atoms with Gasteiger partial charge in [0.05, 0.1) is 0 Å². The van der Waals surface area contributed by atoms with Crippen molar-refractivity contribution in [2.24, 2.45) is 0 Å². The first-order valence-corrected chi connectivity index (χ1v) is 7.13. The van der Waals surface area contributed by atoms with Crippen molar-refractivity contribution in [2.75, 3.05) is 40.3 Å². The highest BCUT2D eigenvalue weighted by atomic mass is 35.5. The quantitative estimate of drug-likeness (QED) is 0.373. The van der Waals surface area contributed by atoms with Gasteiger partial charge in [0.2, 0.25) is 0 Å². The Labute approximate surface area is 92.2 Å². The van der Waals surface area contributed by atoms with E-state index < -0.39 is 8.80 Å². The molecule has 0 amide bonds. The summed E-state index contributed by atoms with van der Waals surface area (Å²) in [5.74, 6) is 0.640. The van der Waals surface area contributed by atoms with Gasteiger partial charge in [-0.3, -0.25) is 0 Å². The zero-order valence-electron chi connectivity index (χ0n) is 9.14. The lowest BCUT2D eigenvalue weighted by atomic mass is 10.5. The summed E-state index contributed by atoms with van der Waals surface area (Å²) in [5, 5.41) is 3.20. The lowest BCUT2D eigenvalue weighted by Crippen LogP contribution is -2.43. The average Bonchev–Trinajstić information content (AvgIpc) is 2.24. The zero-order valence-corrected chi connectivity index (χ0v) is 10.9. The third-order valence-corrected chi connectivity index (χ3v) is 5.06. The minimum absolute atomic E-state index is 0.640. The molecule has 1 N–H and O–H groups in total. The SMILES string of the molecule is CO[Si](CCCNCCCl)(OC)OC. The monoisotopic (exact) mass is 241 g/mol. The van der Waals surface area contributed by atoms with Crippen LogP contribution in [-0.4, -0.2) is 49.1 Å². The Bertz CT molecular complexity index is 127. The first-order valence-electron chi connectivity index (χ1n) is 4.67. The summed E-state index contributed by atoms with van der Waals surface area (Å²) in [4.78, 5) is 0. The van der Waals surface area contributed by atoms with E-state index in [1.165, 1.54) is 0 Å². The van der Waals surface area contributed by atoms with Crippen molar-refractivity contribution in [1.82, 2.24) is 5.32 Å². The highest BCUT2D eigenvalue weighted by Crippen LogP contribution is 2.14. The van der Waals surface area contributed by atoms with Crippen LogP contribution in [0.15, 0.2) is 0 Å². The summed E-state index contributed by atoms with van der Waals surface area (Å²) in [5.41, 5.74) is 0. The van der Waals surface area contributed by atoms with Crippen molar-refractivity contribution in [1.29, 1.82) is 0 Å². The standard InChI is InChI=1S/C8H20ClNO3Si/c1-11-14(12-2,13-3)8-4-6-10-7-5-9/h10H,4-8H2,1-3H3. The lowest BCUT2D eigenvalue weighted by Gasteiger charge is -2.24. The van der Waals surface area contributed by atoms with Crippen LogP contribution in [0.4, 0.5) is 0 Å². The molecule has 0 aliphatic heterocycles. The highest BCUT2D eigenvalue weighted by molar-refractivity contribution is 6.60. The largest absolute Gasteiger partial charge is 0.500 e. The number of hydrogen-bond acceptors (Lipinski definition) is 4. The topological polar surface area (TPSA) is 39.7 Å². The molecule has 0 aromatic heterocycles. The normalized spacial score (nSPS) is 12.0. The van der Waals surface area contributed by atoms with Crippen LogP contribution < -0.4 is 5.32 Å². The number of rotatable bonds is 9. The third kappa shape index (κ3) is 5.28. The third-order valence-electron chi connectivity index (χ3n) is 2.04. The fourth-order valence-corrected chi connectivity index (χ4v) is 3.03. The van der Waals surface area contributed by atoms with Crippen molar-refractivity contribution in [3.05, 3.63) is 0 Å². The fourth-order valence-electron chi connectivity index (χ4n) is 1.18. The minimum Gasteiger partial charge on any atom is -0.377 e. The Balaban J connectivity index is 3.61. The summed E-state index contributed by atoms with van der Waals surface area (Å²) in [6.45, 7) is 1.75. The zero-order chi connectivity index (χ0) is 10.9. The number of halogens is 1. The van der Waals surface area contributed by atoms with Gasteiger partial charge in [-0.05, 0) is 13.0 Å². The van der Waals surface area contributed by atoms with Gasteiger partial charge in [0.15, 0.2) is 0 Å². The van der Waals surface area contributed by atoms with Crippen LogP contribution >= 0.6 is 11.6 Å². The van der Waals surface area contributed by atoms with Gasteiger partial charge in [0, 0.05) is 39.8 Å². The maximum Gasteiger partial charge on any atom is 0.500 e. The molecule has 0 aliphatic carbocycles. The van der Waals surface area contributed by atoms with Gasteiger partial charge >= 0.3 is 8.80 Å². The smallest absolute Gasteiger partial charge is 0.377 e. The van der Waals surface area contributed by atoms with Crippen LogP contribution in [-0.2, 0) is 13.3 Å². The highest BCUT2D eigenvalue weighted by Gasteiger charge is 2.36. The first-order chi connectivity index (χ1) is 6.74. The van der Waals surface area contributed by atoms with Crippen LogP contribution in [0.5, 0.6) is 0 Å². The Morgan fingerprint density at radius 1 is 1.07 bits per heavy atom. The molecule has 0 bridgehead atoms. The van der Waals surface area contributed by atoms with E-state index in [0.717, 1.165) is 25.6 Å². The fraction of sp³-hybridized carbons (Fsp3) is 1.00. The van der Waals surface area contributed by atoms with Crippen molar-refractivity contribution in [3.8, 4) is 0 Å². The second-order valence-corrected chi connectivity index (χ2v) is 6.31. The van der Waals surface area contributed by atoms with Gasteiger partial charge in [0.25, 0.3) is 0 Å². The van der Waals surface area contributed by atoms with E-state index in [9.17, 15) is 0 Å². The molecule has 0 aliphatic rings. The molecule has 86 valence electrons. The molecular weight excluding hydrogens is 222 g/mol. The first kappa shape index (κ1) is 14.3. The molecule has 0 spiro atoms. The summed E-state index contributed by atoms with van der Waals surface area (Å²) < 4.78 is 15.9. The predicted molar refractivity (Wildman–Crippen MR) is 59.8 cm³/mol. The van der Waals surface area contributed by atoms with Crippen molar-refractivity contribution < 1.29 is 13.3 Å². The number of hydrogen-bond donors (Lipinski definition) is 1. The Kier molecular flexibility index (Phi) is 8.85. The second-order valence-electron chi connectivity index (χ2n) is 2.84. The van der Waals surface area contributed by atoms with Crippen LogP contribution in [0.2, 0.25) is 6.04 Å². The van der Waals surface area contributed by atoms with Gasteiger partial charge in [-0.15, -0.1) is 11.6 Å². The van der Waals surface area contributed by atoms with Crippen LogP contribution in [0, 0.1) is 0 Å². The molecule has 6 heteroatoms. The van der Waals surface area contributed by atoms with Gasteiger partial charge in [-0.25, -0.2) is 0 Å². The van der Waals surface area contributed by atoms with Crippen molar-refractivity contribution >= 4 is 20.4 Å². The van der Waals surface area contributed by atoms with E-state index in [0.29, 0.717) is 5.88 Å². The molecule has 0 unspecified atom stereocenters. The molecule has 0 radical (unpaired) electrons. The summed E-state index contributed by atoms with van der Waals surface area (Å²) >= 11 is 5.52. The summed E-state index contributed by atoms with van der Waals surface area (Å²) in [7, 11) is 2.54. The van der Waals surface area contributed by atoms with E-state index in [2.05, 4.69) is 5.32 Å². The number of alkyl halides is 1. The van der Waals surface area contributed by atoms with Gasteiger partial charge in [-0.2, -0.15) is 0 Å². The van der Waals surface area contributed by atoms with Crippen LogP contribution in [0.3, 0.4) is 0 Å². The molecule has 0 saturated carbocycles. The summed E-state index contributed by atoms with van der Waals surface area (Å²) in [6.07, 6.45) is 0.971. The van der Waals surface area contributed by atoms with Crippen LogP contribution in [0.25, 0.3) is 0 Å². The molecule has 0 heterocycles. The lowest BCUT2D eigenvalue weighted by molar-refractivity contribution is 0.123. The van der Waals surface area contributed by atoms with E-state index in [4.69, 9.17) is 24.9 Å². The van der Waals surface area contributed by atoms with E-state index in [1.54, 1.807) is 21.3 Å². The molecule has 0 fully saturated rings. The molecule has 0 aromatic carbocycles. The molecule has 4 nitrogen and oxygen atoms in total. The molecular formula is C8H20ClNO3Si. The van der Waals surface area contributed by atoms with Gasteiger partial charge < -0.3 is 18.6 Å². The molecule has 0 saturated heterocycles. The molecule has 0 aromatic rings. The Morgan fingerprint density at radius 3 is 2.07 bits per heavy atom. The molecule has 14 heavy (non-hydrogen) atoms. The summed E-state index contributed by atoms with van der Waals surface area (Å²) in [6, 6.07) is 0.825. The van der Waals surface area contributed by atoms with E-state index in [-0.39, 0.29) is 0 Å². The molecule has 0 atom stereocenters. The Morgan fingerprint density at radius 2 is 1.64 bits per heavy atom.